The van der Waals surface area contributed by atoms with Crippen LogP contribution in [0.4, 0.5) is 0 Å². The summed E-state index contributed by atoms with van der Waals surface area (Å²) in [7, 11) is 0. The van der Waals surface area contributed by atoms with Crippen molar-refractivity contribution in [3.05, 3.63) is 92.1 Å². The molecule has 0 radical (unpaired) electrons. The highest BCUT2D eigenvalue weighted by atomic mass is 16.5. The first-order valence-electron chi connectivity index (χ1n) is 16.6. The molecule has 262 valence electrons. The minimum absolute atomic E-state index is 0.125. The Labute approximate surface area is 275 Å². The van der Waals surface area contributed by atoms with Crippen LogP contribution in [0, 0.1) is 0 Å². The van der Waals surface area contributed by atoms with Crippen molar-refractivity contribution >= 4 is 0 Å². The van der Waals surface area contributed by atoms with Crippen molar-refractivity contribution in [1.82, 2.24) is 0 Å². The van der Waals surface area contributed by atoms with E-state index in [1.165, 1.54) is 128 Å². The summed E-state index contributed by atoms with van der Waals surface area (Å²) in [5.41, 5.74) is 0. The molecule has 0 fully saturated rings. The van der Waals surface area contributed by atoms with E-state index in [1.807, 2.05) is 0 Å². The Balaban J connectivity index is -0.0000000768. The summed E-state index contributed by atoms with van der Waals surface area (Å²) in [6, 6.07) is 0. The molecular formula is C40H84O3. The quantitative estimate of drug-likeness (QED) is 0.0891. The predicted molar refractivity (Wildman–Crippen MR) is 207 cm³/mol. The molecule has 0 atom stereocenters. The van der Waals surface area contributed by atoms with Crippen LogP contribution < -0.4 is 0 Å². The van der Waals surface area contributed by atoms with Crippen molar-refractivity contribution in [3.8, 4) is 0 Å². The summed E-state index contributed by atoms with van der Waals surface area (Å²) in [4.78, 5) is 0. The highest BCUT2D eigenvalue weighted by Crippen LogP contribution is 2.12. The van der Waals surface area contributed by atoms with Crippen molar-refractivity contribution in [1.29, 1.82) is 0 Å². The molecule has 0 unspecified atom stereocenters. The van der Waals surface area contributed by atoms with Gasteiger partial charge >= 0.3 is 0 Å². The Hall–Kier alpha value is -1.94. The fourth-order valence-corrected chi connectivity index (χ4v) is 3.49. The third-order valence-electron chi connectivity index (χ3n) is 5.38. The van der Waals surface area contributed by atoms with Gasteiger partial charge in [0.1, 0.15) is 0 Å². The first-order valence-corrected chi connectivity index (χ1v) is 16.6. The van der Waals surface area contributed by atoms with Crippen molar-refractivity contribution in [3.63, 3.8) is 0 Å². The third-order valence-corrected chi connectivity index (χ3v) is 5.38. The van der Waals surface area contributed by atoms with Crippen LogP contribution >= 0.6 is 0 Å². The van der Waals surface area contributed by atoms with Crippen molar-refractivity contribution < 1.29 is 14.9 Å². The van der Waals surface area contributed by atoms with Gasteiger partial charge in [-0.3, -0.25) is 0 Å². The molecule has 0 aromatic carbocycles. The number of aliphatic hydroxyl groups excluding tert-OH is 2. The van der Waals surface area contributed by atoms with Gasteiger partial charge in [-0.15, -0.1) is 92.1 Å². The van der Waals surface area contributed by atoms with Gasteiger partial charge in [0.15, 0.2) is 0 Å². The molecule has 3 nitrogen and oxygen atoms in total. The van der Waals surface area contributed by atoms with Crippen LogP contribution in [-0.4, -0.2) is 36.6 Å². The maximum absolute atomic E-state index is 7.62. The van der Waals surface area contributed by atoms with Crippen molar-refractivity contribution in [2.45, 2.75) is 142 Å². The second kappa shape index (κ2) is 115. The maximum Gasteiger partial charge on any atom is 0.0662 e. The summed E-state index contributed by atoms with van der Waals surface area (Å²) in [6.45, 7) is 48.3. The minimum atomic E-state index is -0.125. The largest absolute Gasteiger partial charge is 0.394 e. The number of hydrogen-bond acceptors (Lipinski definition) is 3. The monoisotopic (exact) mass is 613 g/mol. The third kappa shape index (κ3) is 131. The summed E-state index contributed by atoms with van der Waals surface area (Å²) in [5, 5.41) is 15.2. The lowest BCUT2D eigenvalue weighted by atomic mass is 10.1. The second-order valence-electron chi connectivity index (χ2n) is 8.42. The van der Waals surface area contributed by atoms with E-state index < -0.39 is 0 Å². The van der Waals surface area contributed by atoms with Gasteiger partial charge in [0, 0.05) is 13.2 Å². The zero-order valence-electron chi connectivity index (χ0n) is 30.2. The average Bonchev–Trinajstić information content (AvgIpc) is 3.11. The van der Waals surface area contributed by atoms with Gasteiger partial charge in [0.05, 0.1) is 13.2 Å². The molecule has 2 N–H and O–H groups in total. The smallest absolute Gasteiger partial charge is 0.0662 e. The van der Waals surface area contributed by atoms with Crippen LogP contribution in [-0.2, 0) is 4.74 Å². The van der Waals surface area contributed by atoms with Gasteiger partial charge in [0.25, 0.3) is 0 Å². The van der Waals surface area contributed by atoms with Crippen molar-refractivity contribution in [2.24, 2.45) is 0 Å². The first kappa shape index (κ1) is 64.1. The van der Waals surface area contributed by atoms with E-state index in [-0.39, 0.29) is 13.2 Å². The van der Waals surface area contributed by atoms with Crippen LogP contribution in [0.15, 0.2) is 92.1 Å². The van der Waals surface area contributed by atoms with E-state index in [1.54, 1.807) is 0 Å². The Morgan fingerprint density at radius 1 is 0.302 bits per heavy atom. The number of unbranched alkanes of at least 4 members (excludes halogenated alkanes) is 18. The number of hydrogen-bond donors (Lipinski definition) is 2. The molecule has 43 heavy (non-hydrogen) atoms. The summed E-state index contributed by atoms with van der Waals surface area (Å²) in [6.07, 6.45) is 28.2. The van der Waals surface area contributed by atoms with Gasteiger partial charge in [-0.2, -0.15) is 0 Å². The van der Waals surface area contributed by atoms with Crippen LogP contribution in [0.3, 0.4) is 0 Å². The van der Waals surface area contributed by atoms with Crippen LogP contribution in [0.2, 0.25) is 0 Å². The summed E-state index contributed by atoms with van der Waals surface area (Å²) >= 11 is 0. The molecule has 0 saturated heterocycles. The van der Waals surface area contributed by atoms with Gasteiger partial charge in [-0.1, -0.05) is 129 Å². The highest BCUT2D eigenvalue weighted by Gasteiger charge is 1.95. The second-order valence-corrected chi connectivity index (χ2v) is 8.42. The average molecular weight is 613 g/mol. The Kier molecular flexibility index (Phi) is 171. The van der Waals surface area contributed by atoms with Gasteiger partial charge in [-0.25, -0.2) is 0 Å². The highest BCUT2D eigenvalue weighted by molar-refractivity contribution is 4.49. The van der Waals surface area contributed by atoms with Crippen LogP contribution in [0.25, 0.3) is 0 Å². The van der Waals surface area contributed by atoms with Gasteiger partial charge in [-0.05, 0) is 12.8 Å². The number of rotatable bonds is 23. The lowest BCUT2D eigenvalue weighted by Gasteiger charge is -2.05. The Bertz CT molecular complexity index is 292. The summed E-state index contributed by atoms with van der Waals surface area (Å²) in [5.74, 6) is 0. The molecule has 0 aliphatic heterocycles. The van der Waals surface area contributed by atoms with E-state index in [0.29, 0.717) is 0 Å². The molecule has 3 heteroatoms. The molecule has 0 aliphatic carbocycles. The van der Waals surface area contributed by atoms with E-state index >= 15 is 0 Å². The maximum atomic E-state index is 7.62. The van der Waals surface area contributed by atoms with Crippen molar-refractivity contribution in [2.75, 3.05) is 26.4 Å². The normalized spacial score (nSPS) is 7.91. The van der Waals surface area contributed by atoms with E-state index in [2.05, 4.69) is 106 Å². The predicted octanol–water partition coefficient (Wildman–Crippen LogP) is 13.4. The molecule has 0 aromatic rings. The minimum Gasteiger partial charge on any atom is -0.394 e. The SMILES string of the molecule is C=C.C=C.C=C.C=C.C=C.C=C.C=C.CCCCCCCCCCCCOCCCCCCCCCCCC.OCCO. The molecule has 0 amide bonds. The van der Waals surface area contributed by atoms with E-state index in [0.717, 1.165) is 13.2 Å². The number of ether oxygens (including phenoxy) is 1. The van der Waals surface area contributed by atoms with Crippen LogP contribution in [0.1, 0.15) is 142 Å². The van der Waals surface area contributed by atoms with Gasteiger partial charge in [0.2, 0.25) is 0 Å². The van der Waals surface area contributed by atoms with E-state index in [4.69, 9.17) is 14.9 Å². The fourth-order valence-electron chi connectivity index (χ4n) is 3.49. The molecule has 0 spiro atoms. The van der Waals surface area contributed by atoms with Gasteiger partial charge < -0.3 is 14.9 Å². The molecular weight excluding hydrogens is 528 g/mol. The molecule has 0 bridgehead atoms. The summed E-state index contributed by atoms with van der Waals surface area (Å²) < 4.78 is 5.78. The van der Waals surface area contributed by atoms with E-state index in [9.17, 15) is 0 Å². The lowest BCUT2D eigenvalue weighted by Crippen LogP contribution is -1.97. The molecule has 0 rings (SSSR count). The fraction of sp³-hybridized carbons (Fsp3) is 0.650. The lowest BCUT2D eigenvalue weighted by molar-refractivity contribution is 0.125. The molecule has 0 heterocycles. The Morgan fingerprint density at radius 3 is 0.628 bits per heavy atom. The standard InChI is InChI=1S/C24H50O.C2H6O2.7C2H4/c1-3-5-7-9-11-13-15-17-19-21-23-25-24-22-20-18-16-14-12-10-8-6-4-2;3-1-2-4;7*1-2/h3-24H2,1-2H3;3-4H,1-2H2;7*1-2H2. The molecule has 0 aliphatic rings. The zero-order chi connectivity index (χ0) is 35.7. The number of aliphatic hydroxyl groups is 2. The zero-order valence-corrected chi connectivity index (χ0v) is 30.2. The van der Waals surface area contributed by atoms with Crippen LogP contribution in [0.5, 0.6) is 0 Å². The Morgan fingerprint density at radius 2 is 0.465 bits per heavy atom. The molecule has 0 saturated carbocycles. The first-order chi connectivity index (χ1) is 21.3. The molecule has 0 aromatic heterocycles. The topological polar surface area (TPSA) is 49.7 Å².